The van der Waals surface area contributed by atoms with Crippen molar-refractivity contribution in [2.75, 3.05) is 13.6 Å². The van der Waals surface area contributed by atoms with Gasteiger partial charge in [0.2, 0.25) is 0 Å². The Morgan fingerprint density at radius 2 is 2.18 bits per heavy atom. The molecular formula is C13H17N3S. The third-order valence-electron chi connectivity index (χ3n) is 2.85. The average Bonchev–Trinajstić information content (AvgIpc) is 2.74. The van der Waals surface area contributed by atoms with Gasteiger partial charge in [0, 0.05) is 26.6 Å². The van der Waals surface area contributed by atoms with Crippen LogP contribution >= 0.6 is 12.2 Å². The summed E-state index contributed by atoms with van der Waals surface area (Å²) in [4.78, 5) is 6.60. The summed E-state index contributed by atoms with van der Waals surface area (Å²) in [6, 6.07) is 10.2. The number of hydrogen-bond acceptors (Lipinski definition) is 1. The van der Waals surface area contributed by atoms with Gasteiger partial charge >= 0.3 is 0 Å². The Kier molecular flexibility index (Phi) is 4.09. The number of nitrogens with one attached hydrogen (secondary N) is 1. The minimum atomic E-state index is 0.581. The molecule has 0 aliphatic carbocycles. The van der Waals surface area contributed by atoms with Crippen molar-refractivity contribution >= 4 is 23.2 Å². The Morgan fingerprint density at radius 3 is 2.82 bits per heavy atom. The molecule has 1 heterocycles. The van der Waals surface area contributed by atoms with Crippen molar-refractivity contribution < 1.29 is 0 Å². The summed E-state index contributed by atoms with van der Waals surface area (Å²) in [7, 11) is 2.06. The second-order valence-electron chi connectivity index (χ2n) is 4.20. The van der Waals surface area contributed by atoms with E-state index in [1.807, 2.05) is 18.2 Å². The summed E-state index contributed by atoms with van der Waals surface area (Å²) in [5.41, 5.74) is 1.22. The Hall–Kier alpha value is -1.42. The van der Waals surface area contributed by atoms with Crippen molar-refractivity contribution in [3.8, 4) is 0 Å². The van der Waals surface area contributed by atoms with Crippen molar-refractivity contribution in [2.45, 2.75) is 19.4 Å². The fourth-order valence-corrected chi connectivity index (χ4v) is 2.04. The van der Waals surface area contributed by atoms with Crippen LogP contribution in [0, 0.1) is 0 Å². The first-order valence-electron chi connectivity index (χ1n) is 5.86. The molecule has 0 aromatic heterocycles. The predicted octanol–water partition coefficient (Wildman–Crippen LogP) is 2.19. The molecule has 0 radical (unpaired) electrons. The first-order valence-corrected chi connectivity index (χ1v) is 6.27. The lowest BCUT2D eigenvalue weighted by Gasteiger charge is -2.11. The van der Waals surface area contributed by atoms with Crippen LogP contribution in [0.3, 0.4) is 0 Å². The summed E-state index contributed by atoms with van der Waals surface area (Å²) in [5.74, 6) is 1.09. The van der Waals surface area contributed by atoms with Crippen LogP contribution in [-0.2, 0) is 6.54 Å². The van der Waals surface area contributed by atoms with E-state index in [2.05, 4.69) is 34.4 Å². The number of likely N-dealkylation sites (tertiary alicyclic amines) is 1. The molecule has 1 N–H and O–H groups in total. The Morgan fingerprint density at radius 1 is 1.41 bits per heavy atom. The molecule has 2 rings (SSSR count). The molecule has 0 unspecified atom stereocenters. The average molecular weight is 247 g/mol. The van der Waals surface area contributed by atoms with Crippen LogP contribution in [0.25, 0.3) is 0 Å². The van der Waals surface area contributed by atoms with Crippen molar-refractivity contribution in [3.63, 3.8) is 0 Å². The van der Waals surface area contributed by atoms with E-state index in [1.165, 1.54) is 12.0 Å². The monoisotopic (exact) mass is 247 g/mol. The smallest absolute Gasteiger partial charge is 0.194 e. The lowest BCUT2D eigenvalue weighted by atomic mass is 10.2. The number of benzene rings is 1. The first kappa shape index (κ1) is 12.0. The summed E-state index contributed by atoms with van der Waals surface area (Å²) >= 11 is 5.22. The van der Waals surface area contributed by atoms with Gasteiger partial charge in [0.05, 0.1) is 0 Å². The van der Waals surface area contributed by atoms with E-state index in [1.54, 1.807) is 0 Å². The number of hydrogen-bond donors (Lipinski definition) is 1. The van der Waals surface area contributed by atoms with E-state index in [0.717, 1.165) is 25.3 Å². The van der Waals surface area contributed by atoms with Crippen molar-refractivity contribution in [3.05, 3.63) is 35.9 Å². The van der Waals surface area contributed by atoms with Gasteiger partial charge in [0.25, 0.3) is 0 Å². The lowest BCUT2D eigenvalue weighted by molar-refractivity contribution is 0.550. The molecule has 0 spiro atoms. The van der Waals surface area contributed by atoms with Crippen molar-refractivity contribution in [2.24, 2.45) is 4.99 Å². The van der Waals surface area contributed by atoms with Gasteiger partial charge in [-0.25, -0.2) is 4.99 Å². The number of aliphatic imine (C=N–C) groups is 1. The Bertz CT molecular complexity index is 414. The molecular weight excluding hydrogens is 230 g/mol. The molecule has 0 saturated carbocycles. The summed E-state index contributed by atoms with van der Waals surface area (Å²) in [6.07, 6.45) is 2.21. The van der Waals surface area contributed by atoms with Crippen LogP contribution in [-0.4, -0.2) is 29.4 Å². The second kappa shape index (κ2) is 5.77. The molecule has 0 bridgehead atoms. The maximum atomic E-state index is 5.22. The third kappa shape index (κ3) is 3.53. The number of thiocarbonyl (C=S) groups is 1. The highest BCUT2D eigenvalue weighted by Crippen LogP contribution is 2.08. The van der Waals surface area contributed by atoms with Gasteiger partial charge in [0.15, 0.2) is 5.11 Å². The number of rotatable bonds is 2. The highest BCUT2D eigenvalue weighted by atomic mass is 32.1. The molecule has 1 saturated heterocycles. The standard InChI is InChI=1S/C13H17N3S/c1-16-9-5-8-12(16)15-13(17)14-10-11-6-3-2-4-7-11/h2-4,6-7H,5,8-10H2,1H3,(H,14,17). The van der Waals surface area contributed by atoms with Crippen LogP contribution in [0.5, 0.6) is 0 Å². The number of nitrogens with zero attached hydrogens (tertiary/aromatic N) is 2. The van der Waals surface area contributed by atoms with E-state index < -0.39 is 0 Å². The molecule has 90 valence electrons. The lowest BCUT2D eigenvalue weighted by Crippen LogP contribution is -2.25. The minimum absolute atomic E-state index is 0.581. The maximum absolute atomic E-state index is 5.22. The highest BCUT2D eigenvalue weighted by molar-refractivity contribution is 7.80. The largest absolute Gasteiger partial charge is 0.363 e. The van der Waals surface area contributed by atoms with Crippen LogP contribution in [0.4, 0.5) is 0 Å². The molecule has 1 fully saturated rings. The van der Waals surface area contributed by atoms with Gasteiger partial charge in [0.1, 0.15) is 5.84 Å². The molecule has 3 nitrogen and oxygen atoms in total. The van der Waals surface area contributed by atoms with Crippen molar-refractivity contribution in [1.29, 1.82) is 0 Å². The molecule has 1 aromatic rings. The molecule has 0 amide bonds. The fraction of sp³-hybridized carbons (Fsp3) is 0.385. The van der Waals surface area contributed by atoms with Gasteiger partial charge in [-0.1, -0.05) is 30.3 Å². The highest BCUT2D eigenvalue weighted by Gasteiger charge is 2.14. The van der Waals surface area contributed by atoms with E-state index in [0.29, 0.717) is 5.11 Å². The molecule has 0 atom stereocenters. The molecule has 17 heavy (non-hydrogen) atoms. The second-order valence-corrected chi connectivity index (χ2v) is 4.58. The molecule has 4 heteroatoms. The number of amidine groups is 1. The SMILES string of the molecule is CN1CCCC1=NC(=S)NCc1ccccc1. The minimum Gasteiger partial charge on any atom is -0.363 e. The van der Waals surface area contributed by atoms with E-state index >= 15 is 0 Å². The third-order valence-corrected chi connectivity index (χ3v) is 3.09. The van der Waals surface area contributed by atoms with Crippen LogP contribution in [0.2, 0.25) is 0 Å². The summed E-state index contributed by atoms with van der Waals surface area (Å²) in [5, 5.41) is 3.74. The molecule has 1 aliphatic rings. The van der Waals surface area contributed by atoms with Crippen LogP contribution in [0.1, 0.15) is 18.4 Å². The fourth-order valence-electron chi connectivity index (χ4n) is 1.87. The van der Waals surface area contributed by atoms with Gasteiger partial charge in [-0.3, -0.25) is 0 Å². The van der Waals surface area contributed by atoms with Crippen LogP contribution < -0.4 is 5.32 Å². The molecule has 1 aromatic carbocycles. The Balaban J connectivity index is 1.86. The van der Waals surface area contributed by atoms with Gasteiger partial charge in [-0.05, 0) is 24.2 Å². The first-order chi connectivity index (χ1) is 8.25. The maximum Gasteiger partial charge on any atom is 0.194 e. The van der Waals surface area contributed by atoms with Gasteiger partial charge in [-0.2, -0.15) is 0 Å². The van der Waals surface area contributed by atoms with Gasteiger partial charge in [-0.15, -0.1) is 0 Å². The van der Waals surface area contributed by atoms with Gasteiger partial charge < -0.3 is 10.2 Å². The van der Waals surface area contributed by atoms with E-state index in [4.69, 9.17) is 12.2 Å². The van der Waals surface area contributed by atoms with Crippen molar-refractivity contribution in [1.82, 2.24) is 10.2 Å². The zero-order chi connectivity index (χ0) is 12.1. The summed E-state index contributed by atoms with van der Waals surface area (Å²) in [6.45, 7) is 1.82. The topological polar surface area (TPSA) is 27.6 Å². The van der Waals surface area contributed by atoms with E-state index in [9.17, 15) is 0 Å². The van der Waals surface area contributed by atoms with Crippen LogP contribution in [0.15, 0.2) is 35.3 Å². The van der Waals surface area contributed by atoms with E-state index in [-0.39, 0.29) is 0 Å². The normalized spacial score (nSPS) is 17.5. The Labute approximate surface area is 108 Å². The molecule has 1 aliphatic heterocycles. The quantitative estimate of drug-likeness (QED) is 0.812. The predicted molar refractivity (Wildman–Crippen MR) is 75.2 cm³/mol. The zero-order valence-corrected chi connectivity index (χ0v) is 10.8. The zero-order valence-electron chi connectivity index (χ0n) is 10.0. The summed E-state index contributed by atoms with van der Waals surface area (Å²) < 4.78 is 0.